The highest BCUT2D eigenvalue weighted by molar-refractivity contribution is 8.14. The molecule has 0 bridgehead atoms. The lowest BCUT2D eigenvalue weighted by molar-refractivity contribution is -0.384. The minimum Gasteiger partial charge on any atom is -0.465 e. The van der Waals surface area contributed by atoms with Gasteiger partial charge in [-0.25, -0.2) is 4.99 Å². The topological polar surface area (TPSA) is 149 Å². The van der Waals surface area contributed by atoms with Gasteiger partial charge in [-0.2, -0.15) is 5.26 Å². The van der Waals surface area contributed by atoms with Crippen LogP contribution in [0, 0.1) is 32.8 Å². The van der Waals surface area contributed by atoms with Crippen molar-refractivity contribution < 1.29 is 19.2 Å². The molecule has 0 radical (unpaired) electrons. The van der Waals surface area contributed by atoms with Crippen LogP contribution in [0.5, 0.6) is 0 Å². The number of ketones is 1. The highest BCUT2D eigenvalue weighted by Gasteiger charge is 2.53. The van der Waals surface area contributed by atoms with Crippen LogP contribution in [-0.4, -0.2) is 34.1 Å². The fourth-order valence-corrected chi connectivity index (χ4v) is 5.52. The van der Waals surface area contributed by atoms with Crippen LogP contribution in [0.3, 0.4) is 0 Å². The van der Waals surface area contributed by atoms with E-state index >= 15 is 0 Å². The first-order valence-electron chi connectivity index (χ1n) is 10.4. The smallest absolute Gasteiger partial charge is 0.316 e. The van der Waals surface area contributed by atoms with Gasteiger partial charge in [0.05, 0.1) is 34.0 Å². The number of aliphatic imine (C=N–C) groups is 1. The molecule has 9 nitrogen and oxygen atoms in total. The van der Waals surface area contributed by atoms with Crippen molar-refractivity contribution in [3.8, 4) is 6.07 Å². The zero-order valence-electron chi connectivity index (χ0n) is 17.7. The van der Waals surface area contributed by atoms with Gasteiger partial charge in [0, 0.05) is 23.1 Å². The molecule has 0 aromatic heterocycles. The number of hydrogen-bond donors (Lipinski definition) is 1. The lowest BCUT2D eigenvalue weighted by atomic mass is 9.61. The van der Waals surface area contributed by atoms with E-state index < -0.39 is 22.2 Å². The van der Waals surface area contributed by atoms with Gasteiger partial charge in [-0.05, 0) is 31.9 Å². The number of carbonyl (C=O) groups is 2. The van der Waals surface area contributed by atoms with Crippen molar-refractivity contribution in [1.29, 1.82) is 5.26 Å². The average molecular weight is 457 g/mol. The molecule has 168 valence electrons. The highest BCUT2D eigenvalue weighted by atomic mass is 32.2. The van der Waals surface area contributed by atoms with Crippen molar-refractivity contribution >= 4 is 34.2 Å². The minimum absolute atomic E-state index is 0.0300. The molecule has 1 saturated carbocycles. The summed E-state index contributed by atoms with van der Waals surface area (Å²) in [6, 6.07) is 7.52. The predicted molar refractivity (Wildman–Crippen MR) is 120 cm³/mol. The summed E-state index contributed by atoms with van der Waals surface area (Å²) < 4.78 is 5.34. The van der Waals surface area contributed by atoms with Gasteiger partial charge < -0.3 is 10.5 Å². The van der Waals surface area contributed by atoms with Crippen LogP contribution in [0.15, 0.2) is 40.7 Å². The van der Waals surface area contributed by atoms with Crippen molar-refractivity contribution in [2.75, 3.05) is 12.4 Å². The maximum Gasteiger partial charge on any atom is 0.316 e. The van der Waals surface area contributed by atoms with E-state index in [4.69, 9.17) is 10.5 Å². The van der Waals surface area contributed by atoms with Gasteiger partial charge in [-0.3, -0.25) is 19.7 Å². The van der Waals surface area contributed by atoms with Gasteiger partial charge in [-0.1, -0.05) is 19.3 Å². The molecule has 1 spiro atoms. The number of non-ortho nitro benzene ring substituents is 1. The van der Waals surface area contributed by atoms with Crippen LogP contribution >= 0.6 is 11.8 Å². The number of ether oxygens (including phenoxy) is 1. The molecule has 1 fully saturated rings. The second-order valence-electron chi connectivity index (χ2n) is 7.74. The zero-order chi connectivity index (χ0) is 23.3. The van der Waals surface area contributed by atoms with Gasteiger partial charge in [0.25, 0.3) is 5.69 Å². The number of hydrogen-bond acceptors (Lipinski definition) is 9. The molecule has 10 heteroatoms. The lowest BCUT2D eigenvalue weighted by Gasteiger charge is -2.44. The zero-order valence-corrected chi connectivity index (χ0v) is 18.5. The highest BCUT2D eigenvalue weighted by Crippen LogP contribution is 2.53. The molecule has 1 aromatic carbocycles. The largest absolute Gasteiger partial charge is 0.465 e. The van der Waals surface area contributed by atoms with E-state index in [1.165, 1.54) is 24.3 Å². The van der Waals surface area contributed by atoms with Gasteiger partial charge in [0.15, 0.2) is 5.78 Å². The summed E-state index contributed by atoms with van der Waals surface area (Å²) in [6.45, 7) is 1.90. The van der Waals surface area contributed by atoms with Gasteiger partial charge in [-0.15, -0.1) is 11.8 Å². The van der Waals surface area contributed by atoms with Crippen LogP contribution in [-0.2, 0) is 9.53 Å². The van der Waals surface area contributed by atoms with Crippen molar-refractivity contribution in [2.24, 2.45) is 22.1 Å². The number of nitro groups is 1. The van der Waals surface area contributed by atoms with Crippen LogP contribution in [0.1, 0.15) is 49.4 Å². The first-order chi connectivity index (χ1) is 15.3. The van der Waals surface area contributed by atoms with Gasteiger partial charge in [0.2, 0.25) is 0 Å². The fourth-order valence-electron chi connectivity index (χ4n) is 4.42. The monoisotopic (exact) mass is 456 g/mol. The van der Waals surface area contributed by atoms with Gasteiger partial charge >= 0.3 is 5.97 Å². The Morgan fingerprint density at radius 1 is 1.31 bits per heavy atom. The Kier molecular flexibility index (Phi) is 7.30. The molecule has 2 aliphatic rings. The number of benzene rings is 1. The van der Waals surface area contributed by atoms with E-state index in [2.05, 4.69) is 11.1 Å². The number of allylic oxidation sites excluding steroid dienone is 1. The average Bonchev–Trinajstić information content (AvgIpc) is 2.78. The number of nitrogens with zero attached hydrogens (tertiary/aromatic N) is 3. The lowest BCUT2D eigenvalue weighted by Crippen LogP contribution is -2.47. The SMILES string of the molecule is CCOC(=O)C1C(SCC(=O)c2ccc([N+](=O)[O-])cc2)=NC(N)=C(C#N)C12CCCCC2. The molecule has 1 unspecified atom stereocenters. The van der Waals surface area contributed by atoms with E-state index in [0.29, 0.717) is 29.0 Å². The van der Waals surface area contributed by atoms with E-state index in [9.17, 15) is 25.0 Å². The number of carbonyl (C=O) groups excluding carboxylic acids is 2. The normalized spacial score (nSPS) is 19.8. The summed E-state index contributed by atoms with van der Waals surface area (Å²) >= 11 is 1.10. The van der Waals surface area contributed by atoms with Crippen LogP contribution in [0.4, 0.5) is 5.69 Å². The summed E-state index contributed by atoms with van der Waals surface area (Å²) in [5.74, 6) is -1.47. The molecule has 0 amide bonds. The quantitative estimate of drug-likeness (QED) is 0.294. The number of Topliss-reactive ketones (excluding diaryl/α,β-unsaturated/α-hetero) is 1. The molecular formula is C22H24N4O5S. The minimum atomic E-state index is -0.792. The Bertz CT molecular complexity index is 1020. The fraction of sp³-hybridized carbons (Fsp3) is 0.455. The molecular weight excluding hydrogens is 432 g/mol. The Morgan fingerprint density at radius 2 is 1.97 bits per heavy atom. The first-order valence-corrected chi connectivity index (χ1v) is 11.4. The third-order valence-corrected chi connectivity index (χ3v) is 6.94. The van der Waals surface area contributed by atoms with Crippen LogP contribution < -0.4 is 5.73 Å². The van der Waals surface area contributed by atoms with Crippen molar-refractivity contribution in [3.63, 3.8) is 0 Å². The summed E-state index contributed by atoms with van der Waals surface area (Å²) in [5, 5.41) is 21.0. The van der Waals surface area contributed by atoms with Gasteiger partial charge in [0.1, 0.15) is 11.7 Å². The Hall–Kier alpha value is -3.19. The standard InChI is InChI=1S/C22H24N4O5S/c1-2-31-21(28)18-20(25-19(24)16(12-23)22(18)10-4-3-5-11-22)32-13-17(27)14-6-8-15(9-7-14)26(29)30/h6-9,18H,2-5,10-11,13,24H2,1H3. The second kappa shape index (κ2) is 9.96. The first kappa shape index (κ1) is 23.5. The number of esters is 1. The molecule has 32 heavy (non-hydrogen) atoms. The third kappa shape index (κ3) is 4.53. The summed E-state index contributed by atoms with van der Waals surface area (Å²) in [7, 11) is 0. The Labute approximate surface area is 189 Å². The molecule has 1 aliphatic heterocycles. The van der Waals surface area contributed by atoms with E-state index in [0.717, 1.165) is 31.0 Å². The summed E-state index contributed by atoms with van der Waals surface area (Å²) in [4.78, 5) is 40.3. The third-order valence-electron chi connectivity index (χ3n) is 5.92. The molecule has 2 N–H and O–H groups in total. The van der Waals surface area contributed by atoms with E-state index in [-0.39, 0.29) is 29.7 Å². The van der Waals surface area contributed by atoms with Crippen LogP contribution in [0.2, 0.25) is 0 Å². The maximum atomic E-state index is 13.0. The molecule has 0 saturated heterocycles. The Balaban J connectivity index is 1.89. The van der Waals surface area contributed by atoms with Crippen molar-refractivity contribution in [3.05, 3.63) is 51.3 Å². The molecule has 1 atom stereocenters. The summed E-state index contributed by atoms with van der Waals surface area (Å²) in [5.41, 5.74) is 5.90. The van der Waals surface area contributed by atoms with Crippen molar-refractivity contribution in [1.82, 2.24) is 0 Å². The molecule has 1 heterocycles. The molecule has 3 rings (SSSR count). The maximum absolute atomic E-state index is 13.0. The van der Waals surface area contributed by atoms with Crippen molar-refractivity contribution in [2.45, 2.75) is 39.0 Å². The second-order valence-corrected chi connectivity index (χ2v) is 8.74. The number of rotatable bonds is 6. The number of thioether (sulfide) groups is 1. The van der Waals surface area contributed by atoms with Crippen LogP contribution in [0.25, 0.3) is 0 Å². The number of nitro benzene ring substituents is 1. The van der Waals surface area contributed by atoms with E-state index in [1.54, 1.807) is 6.92 Å². The van der Waals surface area contributed by atoms with E-state index in [1.807, 2.05) is 0 Å². The predicted octanol–water partition coefficient (Wildman–Crippen LogP) is 3.75. The summed E-state index contributed by atoms with van der Waals surface area (Å²) in [6.07, 6.45) is 3.96. The molecule has 1 aliphatic carbocycles. The number of nitrogens with two attached hydrogens (primary N) is 1. The number of nitriles is 1. The Morgan fingerprint density at radius 3 is 2.53 bits per heavy atom. The molecule has 1 aromatic rings.